The normalized spacial score (nSPS) is 19.6. The summed E-state index contributed by atoms with van der Waals surface area (Å²) >= 11 is 6.26. The van der Waals surface area contributed by atoms with Crippen LogP contribution in [0.15, 0.2) is 23.2 Å². The van der Waals surface area contributed by atoms with Crippen LogP contribution in [0.4, 0.5) is 0 Å². The number of rotatable bonds is 4. The van der Waals surface area contributed by atoms with E-state index in [0.717, 1.165) is 17.7 Å². The quantitative estimate of drug-likeness (QED) is 0.631. The van der Waals surface area contributed by atoms with Crippen molar-refractivity contribution in [1.82, 2.24) is 10.2 Å². The standard InChI is InChI=1S/C17H26ClN3O3S/c1-17(2)12-21(9-10-25(17,22)23)16(19-3)20-8-7-13-5-6-14(24-4)11-15(13)18/h5-6,11H,7-10,12H2,1-4H3,(H,19,20). The molecule has 0 amide bonds. The van der Waals surface area contributed by atoms with Crippen LogP contribution in [0.1, 0.15) is 19.4 Å². The number of aliphatic imine (C=N–C) groups is 1. The second-order valence-electron chi connectivity index (χ2n) is 6.68. The predicted molar refractivity (Wildman–Crippen MR) is 103 cm³/mol. The van der Waals surface area contributed by atoms with E-state index in [1.165, 1.54) is 0 Å². The fraction of sp³-hybridized carbons (Fsp3) is 0.588. The number of ether oxygens (including phenoxy) is 1. The van der Waals surface area contributed by atoms with Gasteiger partial charge in [0.2, 0.25) is 0 Å². The average molecular weight is 388 g/mol. The summed E-state index contributed by atoms with van der Waals surface area (Å²) in [5, 5.41) is 3.97. The van der Waals surface area contributed by atoms with Crippen LogP contribution < -0.4 is 10.1 Å². The minimum atomic E-state index is -3.07. The number of halogens is 1. The monoisotopic (exact) mass is 387 g/mol. The molecular weight excluding hydrogens is 362 g/mol. The van der Waals surface area contributed by atoms with E-state index in [1.54, 1.807) is 34.1 Å². The van der Waals surface area contributed by atoms with Crippen molar-refractivity contribution in [3.8, 4) is 5.75 Å². The molecule has 1 aliphatic heterocycles. The Morgan fingerprint density at radius 2 is 2.16 bits per heavy atom. The molecule has 0 unspecified atom stereocenters. The first-order valence-electron chi connectivity index (χ1n) is 8.20. The number of benzene rings is 1. The zero-order valence-electron chi connectivity index (χ0n) is 15.2. The average Bonchev–Trinajstić information content (AvgIpc) is 2.55. The number of nitrogens with one attached hydrogen (secondary N) is 1. The van der Waals surface area contributed by atoms with Gasteiger partial charge in [-0.2, -0.15) is 0 Å². The third kappa shape index (κ3) is 4.58. The first-order chi connectivity index (χ1) is 11.7. The molecule has 1 N–H and O–H groups in total. The molecule has 1 heterocycles. The maximum atomic E-state index is 12.1. The van der Waals surface area contributed by atoms with Crippen LogP contribution in [0.3, 0.4) is 0 Å². The molecule has 1 aliphatic rings. The fourth-order valence-electron chi connectivity index (χ4n) is 2.82. The summed E-state index contributed by atoms with van der Waals surface area (Å²) in [6, 6.07) is 5.62. The summed E-state index contributed by atoms with van der Waals surface area (Å²) in [5.74, 6) is 1.59. The van der Waals surface area contributed by atoms with E-state index in [0.29, 0.717) is 30.6 Å². The summed E-state index contributed by atoms with van der Waals surface area (Å²) in [6.07, 6.45) is 0.734. The Labute approximate surface area is 155 Å². The van der Waals surface area contributed by atoms with Crippen LogP contribution in [-0.4, -0.2) is 63.6 Å². The summed E-state index contributed by atoms with van der Waals surface area (Å²) < 4.78 is 28.6. The molecule has 25 heavy (non-hydrogen) atoms. The van der Waals surface area contributed by atoms with Gasteiger partial charge in [0.15, 0.2) is 15.8 Å². The molecule has 1 fully saturated rings. The summed E-state index contributed by atoms with van der Waals surface area (Å²) in [4.78, 5) is 6.29. The van der Waals surface area contributed by atoms with Gasteiger partial charge in [0.1, 0.15) is 5.75 Å². The van der Waals surface area contributed by atoms with Crippen LogP contribution in [0.5, 0.6) is 5.75 Å². The van der Waals surface area contributed by atoms with Crippen molar-refractivity contribution < 1.29 is 13.2 Å². The van der Waals surface area contributed by atoms with E-state index in [9.17, 15) is 8.42 Å². The highest BCUT2D eigenvalue weighted by atomic mass is 35.5. The third-order valence-corrected chi connectivity index (χ3v) is 7.38. The van der Waals surface area contributed by atoms with Gasteiger partial charge < -0.3 is 15.0 Å². The Kier molecular flexibility index (Phi) is 6.21. The van der Waals surface area contributed by atoms with E-state index in [1.807, 2.05) is 17.0 Å². The number of hydrogen-bond acceptors (Lipinski definition) is 4. The smallest absolute Gasteiger partial charge is 0.193 e. The van der Waals surface area contributed by atoms with Crippen LogP contribution in [0.25, 0.3) is 0 Å². The molecule has 140 valence electrons. The van der Waals surface area contributed by atoms with Gasteiger partial charge in [-0.25, -0.2) is 8.42 Å². The lowest BCUT2D eigenvalue weighted by Crippen LogP contribution is -2.57. The van der Waals surface area contributed by atoms with E-state index in [4.69, 9.17) is 16.3 Å². The zero-order valence-corrected chi connectivity index (χ0v) is 16.7. The van der Waals surface area contributed by atoms with Crippen LogP contribution in [0.2, 0.25) is 5.02 Å². The van der Waals surface area contributed by atoms with Crippen molar-refractivity contribution >= 4 is 27.4 Å². The minimum Gasteiger partial charge on any atom is -0.497 e. The zero-order chi connectivity index (χ0) is 18.7. The van der Waals surface area contributed by atoms with Crippen molar-refractivity contribution in [3.63, 3.8) is 0 Å². The van der Waals surface area contributed by atoms with E-state index < -0.39 is 14.6 Å². The lowest BCUT2D eigenvalue weighted by atomic mass is 10.1. The maximum Gasteiger partial charge on any atom is 0.193 e. The highest BCUT2D eigenvalue weighted by Crippen LogP contribution is 2.24. The van der Waals surface area contributed by atoms with Crippen molar-refractivity contribution in [2.24, 2.45) is 4.99 Å². The topological polar surface area (TPSA) is 71.0 Å². The number of guanidine groups is 1. The second-order valence-corrected chi connectivity index (χ2v) is 9.83. The number of sulfone groups is 1. The van der Waals surface area contributed by atoms with Gasteiger partial charge in [-0.15, -0.1) is 0 Å². The molecule has 0 bridgehead atoms. The van der Waals surface area contributed by atoms with E-state index >= 15 is 0 Å². The molecule has 1 aromatic carbocycles. The minimum absolute atomic E-state index is 0.144. The first-order valence-corrected chi connectivity index (χ1v) is 10.2. The Morgan fingerprint density at radius 1 is 1.44 bits per heavy atom. The summed E-state index contributed by atoms with van der Waals surface area (Å²) in [5.41, 5.74) is 1.02. The molecule has 2 rings (SSSR count). The molecule has 0 spiro atoms. The second kappa shape index (κ2) is 7.83. The molecule has 8 heteroatoms. The van der Waals surface area contributed by atoms with Crippen molar-refractivity contribution in [3.05, 3.63) is 28.8 Å². The molecular formula is C17H26ClN3O3S. The Morgan fingerprint density at radius 3 is 2.72 bits per heavy atom. The summed E-state index contributed by atoms with van der Waals surface area (Å²) in [6.45, 7) is 5.06. The van der Waals surface area contributed by atoms with Gasteiger partial charge in [-0.1, -0.05) is 17.7 Å². The molecule has 0 aromatic heterocycles. The first kappa shape index (κ1) is 19.8. The number of hydrogen-bond donors (Lipinski definition) is 1. The molecule has 0 saturated carbocycles. The lowest BCUT2D eigenvalue weighted by molar-refractivity contribution is 0.353. The fourth-order valence-corrected chi connectivity index (χ4v) is 4.45. The van der Waals surface area contributed by atoms with Crippen molar-refractivity contribution in [2.75, 3.05) is 39.5 Å². The Balaban J connectivity index is 1.95. The van der Waals surface area contributed by atoms with Gasteiger partial charge in [0.05, 0.1) is 17.6 Å². The molecule has 0 radical (unpaired) electrons. The van der Waals surface area contributed by atoms with Gasteiger partial charge in [-0.05, 0) is 38.0 Å². The van der Waals surface area contributed by atoms with E-state index in [2.05, 4.69) is 10.3 Å². The van der Waals surface area contributed by atoms with Gasteiger partial charge in [-0.3, -0.25) is 4.99 Å². The van der Waals surface area contributed by atoms with Crippen LogP contribution in [-0.2, 0) is 16.3 Å². The maximum absolute atomic E-state index is 12.1. The van der Waals surface area contributed by atoms with E-state index in [-0.39, 0.29) is 5.75 Å². The van der Waals surface area contributed by atoms with Gasteiger partial charge >= 0.3 is 0 Å². The third-order valence-electron chi connectivity index (χ3n) is 4.49. The van der Waals surface area contributed by atoms with Gasteiger partial charge in [0.25, 0.3) is 0 Å². The summed E-state index contributed by atoms with van der Waals surface area (Å²) in [7, 11) is 0.250. The molecule has 1 aromatic rings. The van der Waals surface area contributed by atoms with Crippen molar-refractivity contribution in [1.29, 1.82) is 0 Å². The molecule has 0 atom stereocenters. The van der Waals surface area contributed by atoms with Gasteiger partial charge in [0, 0.05) is 31.7 Å². The van der Waals surface area contributed by atoms with Crippen molar-refractivity contribution in [2.45, 2.75) is 25.0 Å². The van der Waals surface area contributed by atoms with Crippen LogP contribution >= 0.6 is 11.6 Å². The number of methoxy groups -OCH3 is 1. The Bertz CT molecular complexity index is 748. The largest absolute Gasteiger partial charge is 0.497 e. The highest BCUT2D eigenvalue weighted by Gasteiger charge is 2.40. The predicted octanol–water partition coefficient (Wildman–Crippen LogP) is 1.98. The SMILES string of the molecule is CN=C(NCCc1ccc(OC)cc1Cl)N1CCS(=O)(=O)C(C)(C)C1. The van der Waals surface area contributed by atoms with Crippen LogP contribution in [0, 0.1) is 0 Å². The molecule has 0 aliphatic carbocycles. The molecule has 1 saturated heterocycles. The lowest BCUT2D eigenvalue weighted by Gasteiger charge is -2.39. The number of nitrogens with zero attached hydrogens (tertiary/aromatic N) is 2. The molecule has 6 nitrogen and oxygen atoms in total. The Hall–Kier alpha value is -1.47. The highest BCUT2D eigenvalue weighted by molar-refractivity contribution is 7.92.